The predicted octanol–water partition coefficient (Wildman–Crippen LogP) is 3.81. The van der Waals surface area contributed by atoms with Crippen molar-refractivity contribution in [1.82, 2.24) is 24.6 Å². The third-order valence-corrected chi connectivity index (χ3v) is 7.65. The van der Waals surface area contributed by atoms with E-state index in [9.17, 15) is 4.79 Å². The van der Waals surface area contributed by atoms with Gasteiger partial charge in [0.1, 0.15) is 5.82 Å². The first-order valence-electron chi connectivity index (χ1n) is 12.0. The molecule has 10 nitrogen and oxygen atoms in total. The fourth-order valence-electron chi connectivity index (χ4n) is 4.89. The summed E-state index contributed by atoms with van der Waals surface area (Å²) in [6, 6.07) is 3.69. The van der Waals surface area contributed by atoms with Crippen LogP contribution in [-0.2, 0) is 30.9 Å². The summed E-state index contributed by atoms with van der Waals surface area (Å²) in [6.07, 6.45) is 0.944. The van der Waals surface area contributed by atoms with Gasteiger partial charge < -0.3 is 25.0 Å². The third kappa shape index (κ3) is 4.69. The van der Waals surface area contributed by atoms with Crippen LogP contribution in [0.3, 0.4) is 0 Å². The molecule has 2 aromatic heterocycles. The number of fused-ring (bicyclic) bond motifs is 2. The van der Waals surface area contributed by atoms with Gasteiger partial charge in [-0.05, 0) is 25.5 Å². The molecular formula is C25H29Cl2N7O3. The Bertz CT molecular complexity index is 1380. The number of amides is 1. The molecule has 5 rings (SSSR count). The minimum Gasteiger partial charge on any atom is -0.467 e. The molecule has 1 aromatic carbocycles. The second-order valence-corrected chi connectivity index (χ2v) is 10.3. The molecule has 0 saturated heterocycles. The first-order valence-corrected chi connectivity index (χ1v) is 12.8. The highest BCUT2D eigenvalue weighted by Crippen LogP contribution is 2.40. The van der Waals surface area contributed by atoms with E-state index in [1.165, 1.54) is 0 Å². The molecule has 1 amide bonds. The Hall–Kier alpha value is -3.08. The first kappa shape index (κ1) is 25.6. The molecule has 0 saturated carbocycles. The molecule has 4 heterocycles. The van der Waals surface area contributed by atoms with Gasteiger partial charge in [0.15, 0.2) is 5.69 Å². The second-order valence-electron chi connectivity index (χ2n) is 9.49. The summed E-state index contributed by atoms with van der Waals surface area (Å²) in [4.78, 5) is 25.8. The van der Waals surface area contributed by atoms with Crippen molar-refractivity contribution in [3.8, 4) is 6.01 Å². The summed E-state index contributed by atoms with van der Waals surface area (Å²) in [7, 11) is 5.02. The number of aromatic nitrogens is 4. The molecule has 12 heteroatoms. The number of methoxy groups -OCH3 is 1. The van der Waals surface area contributed by atoms with E-state index >= 15 is 0 Å². The van der Waals surface area contributed by atoms with Crippen LogP contribution in [0.5, 0.6) is 6.01 Å². The topological polar surface area (TPSA) is 112 Å². The summed E-state index contributed by atoms with van der Waals surface area (Å²) in [5.41, 5.74) is 11.3. The lowest BCUT2D eigenvalue weighted by atomic mass is 9.98. The van der Waals surface area contributed by atoms with E-state index in [-0.39, 0.29) is 18.0 Å². The number of rotatable bonds is 4. The minimum absolute atomic E-state index is 0.106. The smallest absolute Gasteiger partial charge is 0.318 e. The number of carbonyl (C=O) groups is 1. The SMILES string of the molecule is COc1nc2c(c(N3CCCn4nc(C(=O)N(C)C)c(C)c4C3)n1)COC(c1cc(N)cc(Cl)c1Cl)C2. The second kappa shape index (κ2) is 10.00. The van der Waals surface area contributed by atoms with Crippen LogP contribution in [-0.4, -0.2) is 58.3 Å². The molecule has 2 aliphatic heterocycles. The van der Waals surface area contributed by atoms with Crippen LogP contribution >= 0.6 is 23.2 Å². The first-order chi connectivity index (χ1) is 17.7. The predicted molar refractivity (Wildman–Crippen MR) is 141 cm³/mol. The van der Waals surface area contributed by atoms with Crippen molar-refractivity contribution in [2.45, 2.75) is 45.6 Å². The van der Waals surface area contributed by atoms with Crippen LogP contribution in [0, 0.1) is 6.92 Å². The number of carbonyl (C=O) groups excluding carboxylic acids is 1. The van der Waals surface area contributed by atoms with E-state index in [0.717, 1.165) is 46.9 Å². The summed E-state index contributed by atoms with van der Waals surface area (Å²) < 4.78 is 13.7. The molecule has 0 spiro atoms. The quantitative estimate of drug-likeness (QED) is 0.492. The van der Waals surface area contributed by atoms with Gasteiger partial charge in [0.25, 0.3) is 5.91 Å². The number of anilines is 2. The lowest BCUT2D eigenvalue weighted by molar-refractivity contribution is 0.0258. The van der Waals surface area contributed by atoms with E-state index in [2.05, 4.69) is 15.0 Å². The van der Waals surface area contributed by atoms with Gasteiger partial charge in [-0.25, -0.2) is 0 Å². The van der Waals surface area contributed by atoms with Crippen molar-refractivity contribution in [3.63, 3.8) is 0 Å². The highest BCUT2D eigenvalue weighted by molar-refractivity contribution is 6.42. The maximum absolute atomic E-state index is 12.7. The van der Waals surface area contributed by atoms with Crippen LogP contribution in [0.25, 0.3) is 0 Å². The molecule has 3 aromatic rings. The maximum atomic E-state index is 12.7. The highest BCUT2D eigenvalue weighted by Gasteiger charge is 2.32. The zero-order valence-corrected chi connectivity index (χ0v) is 22.7. The van der Waals surface area contributed by atoms with Crippen molar-refractivity contribution >= 4 is 40.6 Å². The molecule has 0 bridgehead atoms. The van der Waals surface area contributed by atoms with Crippen molar-refractivity contribution < 1.29 is 14.3 Å². The van der Waals surface area contributed by atoms with E-state index in [0.29, 0.717) is 47.5 Å². The Kier molecular flexibility index (Phi) is 6.91. The van der Waals surface area contributed by atoms with Gasteiger partial charge in [-0.15, -0.1) is 0 Å². The lowest BCUT2D eigenvalue weighted by Gasteiger charge is -2.31. The maximum Gasteiger partial charge on any atom is 0.318 e. The fraction of sp³-hybridized carbons (Fsp3) is 0.440. The van der Waals surface area contributed by atoms with Crippen molar-refractivity contribution in [3.05, 3.63) is 56.0 Å². The van der Waals surface area contributed by atoms with Crippen molar-refractivity contribution in [2.75, 3.05) is 38.4 Å². The number of hydrogen-bond donors (Lipinski definition) is 1. The monoisotopic (exact) mass is 545 g/mol. The van der Waals surface area contributed by atoms with Crippen molar-refractivity contribution in [2.24, 2.45) is 0 Å². The number of halogens is 2. The largest absolute Gasteiger partial charge is 0.467 e. The van der Waals surface area contributed by atoms with Gasteiger partial charge in [0.05, 0.1) is 47.8 Å². The highest BCUT2D eigenvalue weighted by atomic mass is 35.5. The van der Waals surface area contributed by atoms with Gasteiger partial charge >= 0.3 is 6.01 Å². The van der Waals surface area contributed by atoms with Crippen molar-refractivity contribution in [1.29, 1.82) is 0 Å². The number of aryl methyl sites for hydroxylation is 1. The average molecular weight is 546 g/mol. The molecule has 196 valence electrons. The summed E-state index contributed by atoms with van der Waals surface area (Å²) in [5, 5.41) is 5.44. The van der Waals surface area contributed by atoms with E-state index in [4.69, 9.17) is 43.4 Å². The van der Waals surface area contributed by atoms with Gasteiger partial charge in [-0.1, -0.05) is 23.2 Å². The number of nitrogens with zero attached hydrogens (tertiary/aromatic N) is 6. The number of hydrogen-bond acceptors (Lipinski definition) is 8. The Labute approximate surface area is 225 Å². The zero-order chi connectivity index (χ0) is 26.4. The Morgan fingerprint density at radius 2 is 2.03 bits per heavy atom. The van der Waals surface area contributed by atoms with E-state index in [1.807, 2.05) is 11.6 Å². The van der Waals surface area contributed by atoms with Gasteiger partial charge in [-0.2, -0.15) is 15.1 Å². The number of nitrogen functional groups attached to an aromatic ring is 1. The molecule has 2 N–H and O–H groups in total. The van der Waals surface area contributed by atoms with E-state index in [1.54, 1.807) is 38.2 Å². The van der Waals surface area contributed by atoms with Gasteiger partial charge in [-0.3, -0.25) is 9.48 Å². The van der Waals surface area contributed by atoms with E-state index < -0.39 is 0 Å². The fourth-order valence-corrected chi connectivity index (χ4v) is 5.35. The Balaban J connectivity index is 1.50. The minimum atomic E-state index is -0.360. The standard InChI is InChI=1S/C25H29Cl2N7O3/c1-13-19-11-33(6-5-7-34(19)31-22(13)24(35)32(2)3)23-16-12-37-20(10-18(16)29-25(30-23)36-4)15-8-14(28)9-17(26)21(15)27/h8-9,20H,5-7,10-12,28H2,1-4H3. The normalized spacial score (nSPS) is 17.1. The van der Waals surface area contributed by atoms with Crippen LogP contribution in [0.1, 0.15) is 51.1 Å². The van der Waals surface area contributed by atoms with Crippen LogP contribution in [0.15, 0.2) is 12.1 Å². The summed E-state index contributed by atoms with van der Waals surface area (Å²) >= 11 is 12.8. The van der Waals surface area contributed by atoms with Gasteiger partial charge in [0.2, 0.25) is 0 Å². The lowest BCUT2D eigenvalue weighted by Crippen LogP contribution is -2.29. The average Bonchev–Trinajstić information content (AvgIpc) is 3.04. The summed E-state index contributed by atoms with van der Waals surface area (Å²) in [5.74, 6) is 0.650. The van der Waals surface area contributed by atoms with Crippen LogP contribution in [0.4, 0.5) is 11.5 Å². The van der Waals surface area contributed by atoms with Crippen LogP contribution in [0.2, 0.25) is 10.0 Å². The zero-order valence-electron chi connectivity index (χ0n) is 21.2. The molecule has 0 radical (unpaired) electrons. The molecular weight excluding hydrogens is 517 g/mol. The molecule has 1 atom stereocenters. The van der Waals surface area contributed by atoms with Crippen LogP contribution < -0.4 is 15.4 Å². The Morgan fingerprint density at radius 3 is 2.76 bits per heavy atom. The number of nitrogens with two attached hydrogens (primary N) is 1. The summed E-state index contributed by atoms with van der Waals surface area (Å²) in [6.45, 7) is 4.26. The third-order valence-electron chi connectivity index (χ3n) is 6.83. The number of benzene rings is 1. The van der Waals surface area contributed by atoms with Gasteiger partial charge in [0, 0.05) is 56.0 Å². The molecule has 37 heavy (non-hydrogen) atoms. The Morgan fingerprint density at radius 1 is 1.24 bits per heavy atom. The number of ether oxygens (including phenoxy) is 2. The molecule has 0 aliphatic carbocycles. The molecule has 2 aliphatic rings. The molecule has 0 fully saturated rings. The molecule has 1 unspecified atom stereocenters.